The van der Waals surface area contributed by atoms with E-state index in [-0.39, 0.29) is 6.61 Å². The average molecular weight is 354 g/mol. The van der Waals surface area contributed by atoms with Crippen LogP contribution in [0.3, 0.4) is 0 Å². The molecule has 0 aliphatic carbocycles. The summed E-state index contributed by atoms with van der Waals surface area (Å²) in [6.45, 7) is 2.10. The zero-order valence-corrected chi connectivity index (χ0v) is 13.5. The van der Waals surface area contributed by atoms with Gasteiger partial charge in [-0.25, -0.2) is 0 Å². The van der Waals surface area contributed by atoms with Gasteiger partial charge in [0.25, 0.3) is 0 Å². The predicted molar refractivity (Wildman–Crippen MR) is 80.3 cm³/mol. The summed E-state index contributed by atoms with van der Waals surface area (Å²) in [7, 11) is 0.986. The van der Waals surface area contributed by atoms with E-state index in [0.717, 1.165) is 7.11 Å². The fraction of sp³-hybridized carbons (Fsp3) is 0.533. The summed E-state index contributed by atoms with van der Waals surface area (Å²) in [5, 5.41) is 0.482. The lowest BCUT2D eigenvalue weighted by molar-refractivity contribution is -0.169. The molecule has 0 amide bonds. The maximum absolute atomic E-state index is 13.3. The molecule has 1 aromatic carbocycles. The number of methoxy groups -OCH3 is 1. The molecule has 1 aromatic rings. The van der Waals surface area contributed by atoms with Crippen LogP contribution in [0, 0.1) is 0 Å². The molecule has 1 N–H and O–H groups in total. The first-order valence-electron chi connectivity index (χ1n) is 6.98. The summed E-state index contributed by atoms with van der Waals surface area (Å²) in [4.78, 5) is 11.4. The highest BCUT2D eigenvalue weighted by Gasteiger charge is 2.48. The highest BCUT2D eigenvalue weighted by Crippen LogP contribution is 2.28. The molecular weight excluding hydrogens is 335 g/mol. The van der Waals surface area contributed by atoms with Crippen molar-refractivity contribution in [3.63, 3.8) is 0 Å². The normalized spacial score (nSPS) is 15.7. The highest BCUT2D eigenvalue weighted by molar-refractivity contribution is 6.30. The van der Waals surface area contributed by atoms with Gasteiger partial charge in [0, 0.05) is 6.61 Å². The second kappa shape index (κ2) is 9.10. The molecule has 23 heavy (non-hydrogen) atoms. The summed E-state index contributed by atoms with van der Waals surface area (Å²) in [6.07, 6.45) is -4.72. The molecule has 4 nitrogen and oxygen atoms in total. The number of carbonyl (C=O) groups excluding carboxylic acids is 1. The number of carbonyl (C=O) groups is 1. The molecule has 0 fully saturated rings. The standard InChI is InChI=1S/C15H19ClF3NO3/c1-3-23-9-11(10-7-5-4-6-8-10)20-13(15(17,18)19)12(16)14(21)22-2/h4-8,11-13,20H,3,9H2,1-2H3/t11-,12+,13+/m1/s1. The number of esters is 1. The van der Waals surface area contributed by atoms with Gasteiger partial charge in [-0.3, -0.25) is 10.1 Å². The van der Waals surface area contributed by atoms with Gasteiger partial charge in [-0.2, -0.15) is 13.2 Å². The number of nitrogens with one attached hydrogen (secondary N) is 1. The van der Waals surface area contributed by atoms with E-state index in [2.05, 4.69) is 10.1 Å². The van der Waals surface area contributed by atoms with Gasteiger partial charge in [-0.15, -0.1) is 11.6 Å². The quantitative estimate of drug-likeness (QED) is 0.576. The van der Waals surface area contributed by atoms with Gasteiger partial charge in [-0.05, 0) is 12.5 Å². The van der Waals surface area contributed by atoms with E-state index in [1.807, 2.05) is 0 Å². The molecule has 0 aliphatic rings. The lowest BCUT2D eigenvalue weighted by atomic mass is 10.0. The van der Waals surface area contributed by atoms with Crippen molar-refractivity contribution in [2.75, 3.05) is 20.3 Å². The van der Waals surface area contributed by atoms with Crippen molar-refractivity contribution in [3.05, 3.63) is 35.9 Å². The summed E-state index contributed by atoms with van der Waals surface area (Å²) in [6, 6.07) is 5.47. The van der Waals surface area contributed by atoms with E-state index in [9.17, 15) is 18.0 Å². The number of hydrogen-bond acceptors (Lipinski definition) is 4. The van der Waals surface area contributed by atoms with Gasteiger partial charge in [0.1, 0.15) is 6.04 Å². The van der Waals surface area contributed by atoms with Crippen LogP contribution < -0.4 is 5.32 Å². The van der Waals surface area contributed by atoms with Crippen LogP contribution in [0.4, 0.5) is 13.2 Å². The minimum absolute atomic E-state index is 0.0118. The lowest BCUT2D eigenvalue weighted by Crippen LogP contribution is -2.53. The first-order chi connectivity index (χ1) is 10.8. The van der Waals surface area contributed by atoms with Gasteiger partial charge in [0.15, 0.2) is 5.38 Å². The Bertz CT molecular complexity index is 485. The highest BCUT2D eigenvalue weighted by atomic mass is 35.5. The van der Waals surface area contributed by atoms with Crippen molar-refractivity contribution in [1.29, 1.82) is 0 Å². The van der Waals surface area contributed by atoms with Crippen molar-refractivity contribution < 1.29 is 27.4 Å². The van der Waals surface area contributed by atoms with Crippen molar-refractivity contribution in [3.8, 4) is 0 Å². The fourth-order valence-electron chi connectivity index (χ4n) is 1.97. The Morgan fingerprint density at radius 2 is 1.91 bits per heavy atom. The Hall–Kier alpha value is -1.31. The minimum atomic E-state index is -4.72. The van der Waals surface area contributed by atoms with E-state index in [1.54, 1.807) is 37.3 Å². The number of halogens is 4. The van der Waals surface area contributed by atoms with Crippen LogP contribution in [0.5, 0.6) is 0 Å². The monoisotopic (exact) mass is 353 g/mol. The van der Waals surface area contributed by atoms with E-state index in [1.165, 1.54) is 0 Å². The molecule has 0 saturated carbocycles. The predicted octanol–water partition coefficient (Wildman–Crippen LogP) is 3.07. The van der Waals surface area contributed by atoms with Crippen molar-refractivity contribution in [1.82, 2.24) is 5.32 Å². The molecule has 0 unspecified atom stereocenters. The number of alkyl halides is 4. The number of rotatable bonds is 8. The van der Waals surface area contributed by atoms with Crippen molar-refractivity contribution in [2.45, 2.75) is 30.6 Å². The molecule has 0 spiro atoms. The molecule has 0 radical (unpaired) electrons. The Balaban J connectivity index is 3.02. The molecular formula is C15H19ClF3NO3. The molecule has 0 heterocycles. The lowest BCUT2D eigenvalue weighted by Gasteiger charge is -2.29. The molecule has 8 heteroatoms. The zero-order chi connectivity index (χ0) is 17.5. The maximum atomic E-state index is 13.3. The molecule has 3 atom stereocenters. The Kier molecular flexibility index (Phi) is 7.81. The third-order valence-corrected chi connectivity index (χ3v) is 3.57. The van der Waals surface area contributed by atoms with Crippen molar-refractivity contribution in [2.24, 2.45) is 0 Å². The summed E-state index contributed by atoms with van der Waals surface area (Å²) < 4.78 is 49.4. The second-order valence-electron chi connectivity index (χ2n) is 4.73. The molecule has 0 saturated heterocycles. The minimum Gasteiger partial charge on any atom is -0.468 e. The van der Waals surface area contributed by atoms with Gasteiger partial charge >= 0.3 is 12.1 Å². The molecule has 1 rings (SSSR count). The topological polar surface area (TPSA) is 47.6 Å². The van der Waals surface area contributed by atoms with Crippen LogP contribution in [0.15, 0.2) is 30.3 Å². The number of benzene rings is 1. The van der Waals surface area contributed by atoms with Crippen LogP contribution >= 0.6 is 11.6 Å². The fourth-order valence-corrected chi connectivity index (χ4v) is 2.28. The SMILES string of the molecule is CCOC[C@@H](N[C@@H]([C@H](Cl)C(=O)OC)C(F)(F)F)c1ccccc1. The largest absolute Gasteiger partial charge is 0.468 e. The van der Waals surface area contributed by atoms with E-state index in [0.29, 0.717) is 12.2 Å². The zero-order valence-electron chi connectivity index (χ0n) is 12.8. The van der Waals surface area contributed by atoms with Gasteiger partial charge in [0.05, 0.1) is 19.8 Å². The van der Waals surface area contributed by atoms with Crippen LogP contribution in [0.1, 0.15) is 18.5 Å². The van der Waals surface area contributed by atoms with Crippen molar-refractivity contribution >= 4 is 17.6 Å². The summed E-state index contributed by atoms with van der Waals surface area (Å²) in [5.74, 6) is -1.15. The van der Waals surface area contributed by atoms with Crippen LogP contribution in [0.2, 0.25) is 0 Å². The smallest absolute Gasteiger partial charge is 0.405 e. The van der Waals surface area contributed by atoms with Crippen LogP contribution in [-0.2, 0) is 14.3 Å². The van der Waals surface area contributed by atoms with Gasteiger partial charge < -0.3 is 9.47 Å². The first-order valence-corrected chi connectivity index (χ1v) is 7.42. The van der Waals surface area contributed by atoms with E-state index < -0.39 is 29.6 Å². The summed E-state index contributed by atoms with van der Waals surface area (Å²) >= 11 is 5.65. The Morgan fingerprint density at radius 3 is 2.39 bits per heavy atom. The average Bonchev–Trinajstić information content (AvgIpc) is 2.53. The number of ether oxygens (including phenoxy) is 2. The van der Waals surface area contributed by atoms with E-state index in [4.69, 9.17) is 16.3 Å². The van der Waals surface area contributed by atoms with Gasteiger partial charge in [0.2, 0.25) is 0 Å². The van der Waals surface area contributed by atoms with Crippen LogP contribution in [0.25, 0.3) is 0 Å². The van der Waals surface area contributed by atoms with E-state index >= 15 is 0 Å². The molecule has 0 bridgehead atoms. The maximum Gasteiger partial charge on any atom is 0.405 e. The van der Waals surface area contributed by atoms with Gasteiger partial charge in [-0.1, -0.05) is 30.3 Å². The first kappa shape index (κ1) is 19.7. The third-order valence-electron chi connectivity index (χ3n) is 3.14. The molecule has 0 aliphatic heterocycles. The number of hydrogen-bond donors (Lipinski definition) is 1. The Morgan fingerprint density at radius 1 is 1.30 bits per heavy atom. The Labute approximate surface area is 137 Å². The molecule has 0 aromatic heterocycles. The third kappa shape index (κ3) is 6.01. The van der Waals surface area contributed by atoms with Crippen LogP contribution in [-0.4, -0.2) is 43.9 Å². The summed E-state index contributed by atoms with van der Waals surface area (Å²) in [5.41, 5.74) is 0.601. The molecule has 130 valence electrons. The second-order valence-corrected chi connectivity index (χ2v) is 5.20.